The lowest BCUT2D eigenvalue weighted by molar-refractivity contribution is 0.669. The van der Waals surface area contributed by atoms with Gasteiger partial charge in [0.25, 0.3) is 0 Å². The van der Waals surface area contributed by atoms with Gasteiger partial charge in [-0.25, -0.2) is 0 Å². The maximum absolute atomic E-state index is 10.7. The highest BCUT2D eigenvalue weighted by Gasteiger charge is 2.25. The van der Waals surface area contributed by atoms with E-state index in [1.807, 2.05) is 24.3 Å². The number of aromatic nitrogens is 2. The molecule has 6 aromatic carbocycles. The van der Waals surface area contributed by atoms with Gasteiger partial charge in [-0.05, 0) is 55.3 Å². The van der Waals surface area contributed by atoms with Gasteiger partial charge in [0, 0.05) is 43.9 Å². The highest BCUT2D eigenvalue weighted by molar-refractivity contribution is 6.24. The zero-order chi connectivity index (χ0) is 31.1. The number of nitrogens with zero attached hydrogens (tertiary/aromatic N) is 3. The third-order valence-corrected chi connectivity index (χ3v) is 9.84. The summed E-state index contributed by atoms with van der Waals surface area (Å²) in [6.07, 6.45) is 6.54. The molecule has 1 aliphatic rings. The van der Waals surface area contributed by atoms with Crippen molar-refractivity contribution in [1.82, 2.24) is 9.13 Å². The fourth-order valence-corrected chi connectivity index (χ4v) is 7.93. The first-order valence-electron chi connectivity index (χ1n) is 16.1. The summed E-state index contributed by atoms with van der Waals surface area (Å²) in [6, 6.07) is 47.0. The number of hydrogen-bond acceptors (Lipinski definition) is 2. The molecule has 0 spiro atoms. The number of allylic oxidation sites excluding steroid dienone is 1. The number of rotatable bonds is 3. The Hall–Kier alpha value is -6.31. The molecule has 220 valence electrons. The molecule has 0 amide bonds. The van der Waals surface area contributed by atoms with Crippen LogP contribution in [0.3, 0.4) is 0 Å². The van der Waals surface area contributed by atoms with Crippen molar-refractivity contribution in [2.75, 3.05) is 0 Å². The van der Waals surface area contributed by atoms with Crippen LogP contribution in [0, 0.1) is 11.3 Å². The zero-order valence-corrected chi connectivity index (χ0v) is 25.4. The van der Waals surface area contributed by atoms with Crippen molar-refractivity contribution < 1.29 is 4.42 Å². The number of furan rings is 1. The molecule has 0 radical (unpaired) electrons. The van der Waals surface area contributed by atoms with Crippen LogP contribution in [0.2, 0.25) is 0 Å². The molecule has 0 bridgehead atoms. The van der Waals surface area contributed by atoms with E-state index in [2.05, 4.69) is 130 Å². The maximum Gasteiger partial charge on any atom is 0.137 e. The third kappa shape index (κ3) is 3.57. The van der Waals surface area contributed by atoms with E-state index in [4.69, 9.17) is 4.42 Å². The molecule has 0 saturated heterocycles. The van der Waals surface area contributed by atoms with Crippen LogP contribution in [0.4, 0.5) is 0 Å². The fourth-order valence-electron chi connectivity index (χ4n) is 7.93. The summed E-state index contributed by atoms with van der Waals surface area (Å²) >= 11 is 0. The Morgan fingerprint density at radius 2 is 1.32 bits per heavy atom. The lowest BCUT2D eigenvalue weighted by atomic mass is 9.97. The van der Waals surface area contributed by atoms with Gasteiger partial charge >= 0.3 is 0 Å². The monoisotopic (exact) mass is 601 g/mol. The number of fused-ring (bicyclic) bond motifs is 10. The molecule has 4 nitrogen and oxygen atoms in total. The summed E-state index contributed by atoms with van der Waals surface area (Å²) in [5.41, 5.74) is 12.3. The van der Waals surface area contributed by atoms with Gasteiger partial charge in [0.2, 0.25) is 0 Å². The zero-order valence-electron chi connectivity index (χ0n) is 25.4. The number of nitriles is 1. The van der Waals surface area contributed by atoms with Crippen molar-refractivity contribution in [3.05, 3.63) is 150 Å². The van der Waals surface area contributed by atoms with Gasteiger partial charge in [-0.2, -0.15) is 5.26 Å². The van der Waals surface area contributed by atoms with Crippen molar-refractivity contribution in [3.8, 4) is 28.6 Å². The fraction of sp³-hybridized carbons (Fsp3) is 0.0465. The van der Waals surface area contributed by atoms with Crippen molar-refractivity contribution in [2.24, 2.45) is 0 Å². The minimum atomic E-state index is 0.618. The number of benzene rings is 6. The first-order chi connectivity index (χ1) is 23.3. The Morgan fingerprint density at radius 3 is 2.19 bits per heavy atom. The Morgan fingerprint density at radius 1 is 0.596 bits per heavy atom. The summed E-state index contributed by atoms with van der Waals surface area (Å²) in [5.74, 6) is 0. The Labute approximate surface area is 270 Å². The summed E-state index contributed by atoms with van der Waals surface area (Å²) in [6.45, 7) is 0. The smallest absolute Gasteiger partial charge is 0.137 e. The van der Waals surface area contributed by atoms with Gasteiger partial charge in [0.15, 0.2) is 0 Å². The van der Waals surface area contributed by atoms with Gasteiger partial charge in [0.05, 0.1) is 38.9 Å². The SMILES string of the molecule is N#Cc1cccc(-c2ccccc2-n2c3c(c4ccccc42)C=CCC3)c1-n1c2ccccc2c2ccc3oc4ccccc4c3c21. The van der Waals surface area contributed by atoms with Crippen molar-refractivity contribution in [3.63, 3.8) is 0 Å². The highest BCUT2D eigenvalue weighted by atomic mass is 16.3. The van der Waals surface area contributed by atoms with Crippen molar-refractivity contribution in [2.45, 2.75) is 12.8 Å². The average molecular weight is 602 g/mol. The van der Waals surface area contributed by atoms with E-state index in [9.17, 15) is 5.26 Å². The molecule has 0 fully saturated rings. The van der Waals surface area contributed by atoms with E-state index in [0.29, 0.717) is 5.56 Å². The molecular formula is C43H27N3O. The molecule has 0 saturated carbocycles. The Balaban J connectivity index is 1.36. The highest BCUT2D eigenvalue weighted by Crippen LogP contribution is 2.45. The first-order valence-corrected chi connectivity index (χ1v) is 16.1. The van der Waals surface area contributed by atoms with Crippen LogP contribution < -0.4 is 0 Å². The van der Waals surface area contributed by atoms with Crippen LogP contribution >= 0.6 is 0 Å². The maximum atomic E-state index is 10.7. The van der Waals surface area contributed by atoms with Gasteiger partial charge in [-0.15, -0.1) is 0 Å². The van der Waals surface area contributed by atoms with Crippen LogP contribution in [-0.2, 0) is 6.42 Å². The molecule has 10 rings (SSSR count). The predicted molar refractivity (Wildman–Crippen MR) is 192 cm³/mol. The summed E-state index contributed by atoms with van der Waals surface area (Å²) in [7, 11) is 0. The number of para-hydroxylation sites is 5. The average Bonchev–Trinajstić information content (AvgIpc) is 3.79. The minimum Gasteiger partial charge on any atom is -0.456 e. The lowest BCUT2D eigenvalue weighted by Gasteiger charge is -2.21. The molecule has 47 heavy (non-hydrogen) atoms. The quantitative estimate of drug-likeness (QED) is 0.202. The van der Waals surface area contributed by atoms with Crippen LogP contribution in [0.1, 0.15) is 23.2 Å². The molecule has 3 aromatic heterocycles. The largest absolute Gasteiger partial charge is 0.456 e. The van der Waals surface area contributed by atoms with Crippen LogP contribution in [0.15, 0.2) is 138 Å². The first kappa shape index (κ1) is 26.0. The predicted octanol–water partition coefficient (Wildman–Crippen LogP) is 11.1. The molecule has 4 heteroatoms. The second-order valence-electron chi connectivity index (χ2n) is 12.3. The van der Waals surface area contributed by atoms with Gasteiger partial charge < -0.3 is 13.6 Å². The van der Waals surface area contributed by atoms with Crippen LogP contribution in [0.5, 0.6) is 0 Å². The van der Waals surface area contributed by atoms with E-state index in [-0.39, 0.29) is 0 Å². The van der Waals surface area contributed by atoms with Crippen LogP contribution in [0.25, 0.3) is 83.2 Å². The third-order valence-electron chi connectivity index (χ3n) is 9.84. The summed E-state index contributed by atoms with van der Waals surface area (Å²) in [4.78, 5) is 0. The second kappa shape index (κ2) is 9.84. The minimum absolute atomic E-state index is 0.618. The molecule has 0 aliphatic heterocycles. The molecule has 0 N–H and O–H groups in total. The topological polar surface area (TPSA) is 46.8 Å². The standard InChI is InChI=1S/C43H27N3O/c44-26-27-12-11-18-32(30-15-3-8-21-37(30)45-35-19-6-1-13-28(35)29-14-2-7-20-36(29)45)42(27)46-38-22-9-4-16-31(38)33-24-25-40-41(43(33)46)34-17-5-10-23-39(34)47-40/h1-6,8-19,21-25H,7,20H2. The molecule has 3 heterocycles. The number of hydrogen-bond donors (Lipinski definition) is 0. The molecular weight excluding hydrogens is 574 g/mol. The second-order valence-corrected chi connectivity index (χ2v) is 12.3. The Kier molecular flexibility index (Phi) is 5.44. The van der Waals surface area contributed by atoms with E-state index >= 15 is 0 Å². The van der Waals surface area contributed by atoms with Gasteiger partial charge in [-0.3, -0.25) is 0 Å². The Bertz CT molecular complexity index is 2820. The normalized spacial score (nSPS) is 12.8. The van der Waals surface area contributed by atoms with E-state index in [0.717, 1.165) is 79.1 Å². The van der Waals surface area contributed by atoms with E-state index in [1.54, 1.807) is 0 Å². The lowest BCUT2D eigenvalue weighted by Crippen LogP contribution is -2.06. The van der Waals surface area contributed by atoms with E-state index < -0.39 is 0 Å². The molecule has 1 aliphatic carbocycles. The van der Waals surface area contributed by atoms with Crippen molar-refractivity contribution >= 4 is 60.7 Å². The summed E-state index contributed by atoms with van der Waals surface area (Å²) in [5, 5.41) is 16.4. The van der Waals surface area contributed by atoms with E-state index in [1.165, 1.54) is 22.2 Å². The molecule has 0 atom stereocenters. The van der Waals surface area contributed by atoms with Crippen molar-refractivity contribution in [1.29, 1.82) is 5.26 Å². The molecule has 0 unspecified atom stereocenters. The van der Waals surface area contributed by atoms with Crippen LogP contribution in [-0.4, -0.2) is 9.13 Å². The molecule has 9 aromatic rings. The van der Waals surface area contributed by atoms with Gasteiger partial charge in [-0.1, -0.05) is 97.1 Å². The summed E-state index contributed by atoms with van der Waals surface area (Å²) < 4.78 is 11.1. The van der Waals surface area contributed by atoms with Gasteiger partial charge in [0.1, 0.15) is 17.2 Å².